The van der Waals surface area contributed by atoms with Crippen LogP contribution in [0.15, 0.2) is 47.1 Å². The molecule has 0 bridgehead atoms. The minimum Gasteiger partial charge on any atom is -0.415 e. The fraction of sp³-hybridized carbons (Fsp3) is 0.318. The normalized spacial score (nSPS) is 14.4. The topological polar surface area (TPSA) is 85.8 Å². The lowest BCUT2D eigenvalue weighted by atomic mass is 10.1. The van der Waals surface area contributed by atoms with Crippen LogP contribution in [0.2, 0.25) is 5.02 Å². The summed E-state index contributed by atoms with van der Waals surface area (Å²) in [4.78, 5) is 6.74. The van der Waals surface area contributed by atoms with E-state index in [0.29, 0.717) is 28.5 Å². The summed E-state index contributed by atoms with van der Waals surface area (Å²) >= 11 is 6.71. The molecule has 0 amide bonds. The van der Waals surface area contributed by atoms with Crippen molar-refractivity contribution in [1.82, 2.24) is 35.1 Å². The third kappa shape index (κ3) is 4.76. The Labute approximate surface area is 193 Å². The van der Waals surface area contributed by atoms with E-state index in [0.717, 1.165) is 30.8 Å². The molecule has 3 aromatic heterocycles. The Morgan fingerprint density at radius 2 is 1.88 bits per heavy atom. The van der Waals surface area contributed by atoms with Gasteiger partial charge in [0.05, 0.1) is 29.0 Å². The van der Waals surface area contributed by atoms with Crippen molar-refractivity contribution in [3.05, 3.63) is 64.9 Å². The van der Waals surface area contributed by atoms with E-state index in [9.17, 15) is 8.78 Å². The molecule has 8 nitrogen and oxygen atoms in total. The molecule has 33 heavy (non-hydrogen) atoms. The van der Waals surface area contributed by atoms with Crippen molar-refractivity contribution >= 4 is 11.6 Å². The predicted octanol–water partition coefficient (Wildman–Crippen LogP) is 4.63. The molecule has 0 unspecified atom stereocenters. The lowest BCUT2D eigenvalue weighted by Crippen LogP contribution is -2.18. The van der Waals surface area contributed by atoms with Gasteiger partial charge in [0.2, 0.25) is 5.89 Å². The molecule has 5 rings (SSSR count). The van der Waals surface area contributed by atoms with Crippen LogP contribution in [0.1, 0.15) is 36.4 Å². The van der Waals surface area contributed by atoms with Gasteiger partial charge >= 0.3 is 6.43 Å². The molecule has 4 aromatic rings. The van der Waals surface area contributed by atoms with Gasteiger partial charge < -0.3 is 4.42 Å². The monoisotopic (exact) mass is 471 g/mol. The van der Waals surface area contributed by atoms with E-state index in [1.165, 1.54) is 19.0 Å². The number of aromatic nitrogens is 6. The van der Waals surface area contributed by atoms with Crippen LogP contribution in [0.3, 0.4) is 0 Å². The second-order valence-electron chi connectivity index (χ2n) is 7.85. The zero-order chi connectivity index (χ0) is 22.8. The van der Waals surface area contributed by atoms with Crippen molar-refractivity contribution in [3.63, 3.8) is 0 Å². The molecule has 0 atom stereocenters. The van der Waals surface area contributed by atoms with Gasteiger partial charge in [-0.15, -0.1) is 15.3 Å². The average molecular weight is 472 g/mol. The van der Waals surface area contributed by atoms with Gasteiger partial charge in [-0.05, 0) is 43.6 Å². The van der Waals surface area contributed by atoms with Crippen LogP contribution in [0.4, 0.5) is 8.78 Å². The van der Waals surface area contributed by atoms with E-state index in [4.69, 9.17) is 16.0 Å². The van der Waals surface area contributed by atoms with Crippen molar-refractivity contribution in [3.8, 4) is 22.7 Å². The van der Waals surface area contributed by atoms with Gasteiger partial charge in [0, 0.05) is 18.3 Å². The van der Waals surface area contributed by atoms with Crippen molar-refractivity contribution in [2.24, 2.45) is 0 Å². The molecule has 0 N–H and O–H groups in total. The van der Waals surface area contributed by atoms with E-state index in [-0.39, 0.29) is 5.89 Å². The molecule has 11 heteroatoms. The van der Waals surface area contributed by atoms with Gasteiger partial charge in [-0.2, -0.15) is 8.78 Å². The molecule has 1 aromatic carbocycles. The fourth-order valence-corrected chi connectivity index (χ4v) is 4.11. The molecular weight excluding hydrogens is 452 g/mol. The molecule has 1 aliphatic heterocycles. The third-order valence-corrected chi connectivity index (χ3v) is 5.96. The van der Waals surface area contributed by atoms with Crippen LogP contribution in [0.25, 0.3) is 22.7 Å². The van der Waals surface area contributed by atoms with E-state index in [1.54, 1.807) is 16.8 Å². The zero-order valence-corrected chi connectivity index (χ0v) is 18.3. The van der Waals surface area contributed by atoms with Crippen molar-refractivity contribution in [1.29, 1.82) is 0 Å². The molecule has 0 spiro atoms. The second kappa shape index (κ2) is 9.32. The van der Waals surface area contributed by atoms with Gasteiger partial charge in [-0.3, -0.25) is 9.88 Å². The summed E-state index contributed by atoms with van der Waals surface area (Å²) in [5, 5.41) is 16.1. The summed E-state index contributed by atoms with van der Waals surface area (Å²) in [6.07, 6.45) is 2.96. The molecule has 4 heterocycles. The zero-order valence-electron chi connectivity index (χ0n) is 17.5. The second-order valence-corrected chi connectivity index (χ2v) is 8.23. The highest BCUT2D eigenvalue weighted by Gasteiger charge is 2.18. The van der Waals surface area contributed by atoms with E-state index >= 15 is 0 Å². The van der Waals surface area contributed by atoms with Crippen LogP contribution in [-0.2, 0) is 13.1 Å². The summed E-state index contributed by atoms with van der Waals surface area (Å²) in [7, 11) is 0. The van der Waals surface area contributed by atoms with Crippen LogP contribution < -0.4 is 0 Å². The minimum absolute atomic E-state index is 0.00385. The maximum atomic E-state index is 12.6. The Hall–Kier alpha value is -3.24. The van der Waals surface area contributed by atoms with Crippen LogP contribution in [-0.4, -0.2) is 48.2 Å². The van der Waals surface area contributed by atoms with Gasteiger partial charge in [-0.1, -0.05) is 35.0 Å². The summed E-state index contributed by atoms with van der Waals surface area (Å²) in [5.74, 6) is -0.719. The lowest BCUT2D eigenvalue weighted by Gasteiger charge is -2.16. The van der Waals surface area contributed by atoms with Crippen LogP contribution in [0, 0.1) is 0 Å². The number of nitrogens with zero attached hydrogens (tertiary/aromatic N) is 7. The largest absolute Gasteiger partial charge is 0.415 e. The molecule has 1 aliphatic rings. The first kappa shape index (κ1) is 21.6. The summed E-state index contributed by atoms with van der Waals surface area (Å²) in [5.41, 5.74) is 3.77. The Morgan fingerprint density at radius 3 is 2.61 bits per heavy atom. The van der Waals surface area contributed by atoms with Crippen LogP contribution in [0.5, 0.6) is 0 Å². The van der Waals surface area contributed by atoms with Crippen molar-refractivity contribution in [2.45, 2.75) is 32.4 Å². The number of rotatable bonds is 7. The first-order valence-electron chi connectivity index (χ1n) is 10.5. The van der Waals surface area contributed by atoms with Gasteiger partial charge in [-0.25, -0.2) is 4.68 Å². The van der Waals surface area contributed by atoms with E-state index in [2.05, 4.69) is 30.4 Å². The van der Waals surface area contributed by atoms with Crippen molar-refractivity contribution in [2.75, 3.05) is 13.1 Å². The maximum Gasteiger partial charge on any atom is 0.314 e. The number of hydrogen-bond acceptors (Lipinski definition) is 7. The van der Waals surface area contributed by atoms with E-state index < -0.39 is 12.3 Å². The summed E-state index contributed by atoms with van der Waals surface area (Å²) in [6.45, 7) is 3.41. The summed E-state index contributed by atoms with van der Waals surface area (Å²) in [6, 6.07) is 9.40. The van der Waals surface area contributed by atoms with E-state index in [1.807, 2.05) is 24.4 Å². The number of hydrogen-bond donors (Lipinski definition) is 0. The number of likely N-dealkylation sites (tertiary alicyclic amines) is 1. The van der Waals surface area contributed by atoms with Crippen LogP contribution >= 0.6 is 11.6 Å². The smallest absolute Gasteiger partial charge is 0.314 e. The Balaban J connectivity index is 1.29. The molecule has 0 saturated carbocycles. The molecular formula is C22H20ClF2N7O. The molecule has 0 radical (unpaired) electrons. The molecule has 1 saturated heterocycles. The number of alkyl halides is 2. The highest BCUT2D eigenvalue weighted by Crippen LogP contribution is 2.31. The highest BCUT2D eigenvalue weighted by molar-refractivity contribution is 6.34. The first-order chi connectivity index (χ1) is 16.1. The predicted molar refractivity (Wildman–Crippen MR) is 117 cm³/mol. The van der Waals surface area contributed by atoms with Gasteiger partial charge in [0.1, 0.15) is 5.69 Å². The van der Waals surface area contributed by atoms with Gasteiger partial charge in [0.15, 0.2) is 0 Å². The Morgan fingerprint density at radius 1 is 1.03 bits per heavy atom. The maximum absolute atomic E-state index is 12.6. The first-order valence-corrected chi connectivity index (χ1v) is 10.9. The fourth-order valence-electron chi connectivity index (χ4n) is 3.83. The summed E-state index contributed by atoms with van der Waals surface area (Å²) < 4.78 is 31.9. The Bertz CT molecular complexity index is 1240. The lowest BCUT2D eigenvalue weighted by molar-refractivity contribution is 0.116. The number of pyridine rings is 1. The molecule has 1 fully saturated rings. The number of halogens is 3. The third-order valence-electron chi connectivity index (χ3n) is 5.51. The average Bonchev–Trinajstić information content (AvgIpc) is 3.58. The van der Waals surface area contributed by atoms with Crippen molar-refractivity contribution < 1.29 is 13.2 Å². The molecule has 170 valence electrons. The standard InChI is InChI=1S/C22H20ClF2N7O/c23-19-15(11-31-8-1-2-9-31)4-3-5-17(19)18-13-32(30-27-18)12-16-7-6-14(10-26-16)21-28-29-22(33-21)20(24)25/h3-7,10,13,20H,1-2,8-9,11-12H2. The number of benzene rings is 1. The van der Waals surface area contributed by atoms with Gasteiger partial charge in [0.25, 0.3) is 5.89 Å². The SMILES string of the molecule is FC(F)c1nnc(-c2ccc(Cn3cc(-c4cccc(CN5CCCC5)c4Cl)nn3)nc2)o1. The molecule has 0 aliphatic carbocycles. The quantitative estimate of drug-likeness (QED) is 0.388. The highest BCUT2D eigenvalue weighted by atomic mass is 35.5. The Kier molecular flexibility index (Phi) is 6.10. The minimum atomic E-state index is -2.81.